The van der Waals surface area contributed by atoms with Gasteiger partial charge in [-0.05, 0) is 53.1 Å². The molecular weight excluding hydrogens is 362 g/mol. The topological polar surface area (TPSA) is 56.1 Å². The van der Waals surface area contributed by atoms with Crippen LogP contribution >= 0.6 is 22.7 Å². The van der Waals surface area contributed by atoms with Crippen LogP contribution in [0.5, 0.6) is 0 Å². The van der Waals surface area contributed by atoms with Crippen molar-refractivity contribution in [1.82, 2.24) is 4.90 Å². The lowest BCUT2D eigenvalue weighted by molar-refractivity contribution is -0.117. The minimum absolute atomic E-state index is 0.0553. The van der Waals surface area contributed by atoms with E-state index >= 15 is 0 Å². The zero-order valence-corrected chi connectivity index (χ0v) is 15.6. The summed E-state index contributed by atoms with van der Waals surface area (Å²) in [6, 6.07) is 15.6. The van der Waals surface area contributed by atoms with Crippen molar-refractivity contribution in [2.75, 3.05) is 18.4 Å². The summed E-state index contributed by atoms with van der Waals surface area (Å²) >= 11 is 3.53. The first-order valence-corrected chi connectivity index (χ1v) is 10.1. The van der Waals surface area contributed by atoms with Gasteiger partial charge in [-0.15, -0.1) is 22.7 Å². The summed E-state index contributed by atoms with van der Waals surface area (Å²) in [6.07, 6.45) is 0.978. The molecule has 3 aromatic rings. The zero-order valence-electron chi connectivity index (χ0n) is 14.0. The van der Waals surface area contributed by atoms with E-state index in [-0.39, 0.29) is 11.9 Å². The summed E-state index contributed by atoms with van der Waals surface area (Å²) < 4.78 is 0. The number of carbonyl (C=O) groups excluding carboxylic acids is 1. The molecule has 1 atom stereocenters. The molecule has 1 aromatic carbocycles. The molecule has 4 nitrogen and oxygen atoms in total. The second kappa shape index (κ2) is 7.42. The lowest BCUT2D eigenvalue weighted by Crippen LogP contribution is -2.40. The Balaban J connectivity index is 1.53. The van der Waals surface area contributed by atoms with Crippen LogP contribution in [-0.2, 0) is 11.2 Å². The Kier molecular flexibility index (Phi) is 4.85. The monoisotopic (exact) mass is 379 g/mol. The van der Waals surface area contributed by atoms with Crippen LogP contribution in [0.25, 0.3) is 0 Å². The number of nitrogens with zero attached hydrogens (tertiary/aromatic N) is 2. The van der Waals surface area contributed by atoms with Gasteiger partial charge >= 0.3 is 0 Å². The smallest absolute Gasteiger partial charge is 0.238 e. The molecule has 4 rings (SSSR count). The molecule has 1 aliphatic heterocycles. The minimum Gasteiger partial charge on any atom is -0.325 e. The minimum atomic E-state index is -0.0553. The normalized spacial score (nSPS) is 16.7. The summed E-state index contributed by atoms with van der Waals surface area (Å²) in [5, 5.41) is 16.1. The van der Waals surface area contributed by atoms with Crippen molar-refractivity contribution < 1.29 is 4.79 Å². The molecule has 0 aliphatic carbocycles. The van der Waals surface area contributed by atoms with Crippen LogP contribution in [0.15, 0.2) is 53.2 Å². The number of amides is 1. The largest absolute Gasteiger partial charge is 0.325 e. The Hall–Kier alpha value is -2.46. The van der Waals surface area contributed by atoms with Gasteiger partial charge in [0.2, 0.25) is 5.91 Å². The first-order valence-electron chi connectivity index (χ1n) is 8.38. The van der Waals surface area contributed by atoms with Crippen LogP contribution in [0.3, 0.4) is 0 Å². The van der Waals surface area contributed by atoms with Gasteiger partial charge in [0.1, 0.15) is 0 Å². The van der Waals surface area contributed by atoms with Crippen LogP contribution in [0.1, 0.15) is 26.9 Å². The molecule has 0 unspecified atom stereocenters. The molecule has 0 saturated heterocycles. The second-order valence-corrected chi connectivity index (χ2v) is 8.16. The SMILES string of the molecule is N#Cc1cccc(NC(=O)CN2CCc3sccc3[C@H]2c2cccs2)c1. The van der Waals surface area contributed by atoms with Gasteiger partial charge in [0, 0.05) is 22.0 Å². The first kappa shape index (κ1) is 17.0. The summed E-state index contributed by atoms with van der Waals surface area (Å²) in [7, 11) is 0. The van der Waals surface area contributed by atoms with E-state index in [0.29, 0.717) is 17.8 Å². The van der Waals surface area contributed by atoms with Crippen molar-refractivity contribution in [1.29, 1.82) is 5.26 Å². The number of nitrogens with one attached hydrogen (secondary N) is 1. The molecule has 130 valence electrons. The van der Waals surface area contributed by atoms with E-state index in [9.17, 15) is 4.79 Å². The molecule has 0 radical (unpaired) electrons. The first-order chi connectivity index (χ1) is 12.7. The van der Waals surface area contributed by atoms with E-state index < -0.39 is 0 Å². The lowest BCUT2D eigenvalue weighted by atomic mass is 9.98. The molecule has 0 bridgehead atoms. The number of fused-ring (bicyclic) bond motifs is 1. The molecule has 26 heavy (non-hydrogen) atoms. The van der Waals surface area contributed by atoms with Gasteiger partial charge in [-0.3, -0.25) is 9.69 Å². The maximum Gasteiger partial charge on any atom is 0.238 e. The third kappa shape index (κ3) is 3.42. The van der Waals surface area contributed by atoms with Gasteiger partial charge in [-0.1, -0.05) is 12.1 Å². The van der Waals surface area contributed by atoms with Crippen molar-refractivity contribution in [3.05, 3.63) is 74.1 Å². The summed E-state index contributed by atoms with van der Waals surface area (Å²) in [4.78, 5) is 17.5. The van der Waals surface area contributed by atoms with Crippen molar-refractivity contribution >= 4 is 34.3 Å². The average Bonchev–Trinajstić information content (AvgIpc) is 3.33. The quantitative estimate of drug-likeness (QED) is 0.737. The highest BCUT2D eigenvalue weighted by Crippen LogP contribution is 2.39. The number of anilines is 1. The van der Waals surface area contributed by atoms with Gasteiger partial charge in [-0.2, -0.15) is 5.26 Å². The number of carbonyl (C=O) groups is 1. The molecule has 1 N–H and O–H groups in total. The third-order valence-corrected chi connectivity index (χ3v) is 6.42. The molecule has 0 fully saturated rings. The standard InChI is InChI=1S/C20H17N3OS2/c21-12-14-3-1-4-15(11-14)22-19(24)13-23-8-6-17-16(7-10-26-17)20(23)18-5-2-9-25-18/h1-5,7,9-11,20H,6,8,13H2,(H,22,24)/t20-/m0/s1. The number of nitriles is 1. The Labute approximate surface area is 160 Å². The molecule has 1 amide bonds. The van der Waals surface area contributed by atoms with Crippen molar-refractivity contribution in [2.24, 2.45) is 0 Å². The predicted octanol–water partition coefficient (Wildman–Crippen LogP) is 4.27. The van der Waals surface area contributed by atoms with Gasteiger partial charge in [0.25, 0.3) is 0 Å². The predicted molar refractivity (Wildman–Crippen MR) is 106 cm³/mol. The van der Waals surface area contributed by atoms with Crippen LogP contribution in [0.2, 0.25) is 0 Å². The van der Waals surface area contributed by atoms with E-state index in [1.54, 1.807) is 40.9 Å². The number of benzene rings is 1. The fourth-order valence-corrected chi connectivity index (χ4v) is 5.15. The maximum atomic E-state index is 12.6. The lowest BCUT2D eigenvalue weighted by Gasteiger charge is -2.34. The molecule has 0 spiro atoms. The molecule has 2 aromatic heterocycles. The Morgan fingerprint density at radius 1 is 1.23 bits per heavy atom. The van der Waals surface area contributed by atoms with Crippen LogP contribution in [0.4, 0.5) is 5.69 Å². The number of rotatable bonds is 4. The van der Waals surface area contributed by atoms with Gasteiger partial charge in [-0.25, -0.2) is 0 Å². The van der Waals surface area contributed by atoms with Crippen LogP contribution in [0, 0.1) is 11.3 Å². The molecule has 6 heteroatoms. The molecular formula is C20H17N3OS2. The highest BCUT2D eigenvalue weighted by atomic mass is 32.1. The van der Waals surface area contributed by atoms with Crippen molar-refractivity contribution in [2.45, 2.75) is 12.5 Å². The maximum absolute atomic E-state index is 12.6. The average molecular weight is 380 g/mol. The van der Waals surface area contributed by atoms with Crippen molar-refractivity contribution in [3.8, 4) is 6.07 Å². The van der Waals surface area contributed by atoms with E-state index in [2.05, 4.69) is 45.2 Å². The fraction of sp³-hybridized carbons (Fsp3) is 0.200. The Bertz CT molecular complexity index is 956. The molecule has 3 heterocycles. The van der Waals surface area contributed by atoms with E-state index in [4.69, 9.17) is 5.26 Å². The van der Waals surface area contributed by atoms with E-state index in [1.807, 2.05) is 6.07 Å². The second-order valence-electron chi connectivity index (χ2n) is 6.18. The highest BCUT2D eigenvalue weighted by Gasteiger charge is 2.31. The third-order valence-electron chi connectivity index (χ3n) is 4.50. The summed E-state index contributed by atoms with van der Waals surface area (Å²) in [6.45, 7) is 1.19. The van der Waals surface area contributed by atoms with Gasteiger partial charge < -0.3 is 5.32 Å². The van der Waals surface area contributed by atoms with Crippen LogP contribution in [-0.4, -0.2) is 23.9 Å². The number of thiophene rings is 2. The molecule has 0 saturated carbocycles. The van der Waals surface area contributed by atoms with Crippen molar-refractivity contribution in [3.63, 3.8) is 0 Å². The summed E-state index contributed by atoms with van der Waals surface area (Å²) in [5.74, 6) is -0.0553. The van der Waals surface area contributed by atoms with Gasteiger partial charge in [0.15, 0.2) is 0 Å². The van der Waals surface area contributed by atoms with E-state index in [1.165, 1.54) is 15.3 Å². The van der Waals surface area contributed by atoms with E-state index in [0.717, 1.165) is 13.0 Å². The Morgan fingerprint density at radius 2 is 2.15 bits per heavy atom. The molecule has 1 aliphatic rings. The summed E-state index contributed by atoms with van der Waals surface area (Å²) in [5.41, 5.74) is 2.53. The van der Waals surface area contributed by atoms with Gasteiger partial charge in [0.05, 0.1) is 24.2 Å². The number of hydrogen-bond acceptors (Lipinski definition) is 5. The number of hydrogen-bond donors (Lipinski definition) is 1. The zero-order chi connectivity index (χ0) is 17.9. The highest BCUT2D eigenvalue weighted by molar-refractivity contribution is 7.10. The fourth-order valence-electron chi connectivity index (χ4n) is 3.37. The Morgan fingerprint density at radius 3 is 2.96 bits per heavy atom. The van der Waals surface area contributed by atoms with Crippen LogP contribution < -0.4 is 5.32 Å².